The fourth-order valence-electron chi connectivity index (χ4n) is 1.02. The Morgan fingerprint density at radius 3 is 2.57 bits per heavy atom. The van der Waals surface area contributed by atoms with Crippen LogP contribution in [0.2, 0.25) is 0 Å². The lowest BCUT2D eigenvalue weighted by Crippen LogP contribution is -1.99. The summed E-state index contributed by atoms with van der Waals surface area (Å²) < 4.78 is 35.2. The quantitative estimate of drug-likeness (QED) is 0.641. The summed E-state index contributed by atoms with van der Waals surface area (Å²) >= 11 is 5.58. The number of hydrogen-bond donors (Lipinski definition) is 1. The summed E-state index contributed by atoms with van der Waals surface area (Å²) in [5.74, 6) is 0.611. The van der Waals surface area contributed by atoms with Crippen molar-refractivity contribution in [2.24, 2.45) is 0 Å². The third kappa shape index (κ3) is 2.37. The Labute approximate surface area is 87.2 Å². The number of hydrogen-bond acceptors (Lipinski definition) is 3. The zero-order valence-electron chi connectivity index (χ0n) is 7.40. The van der Waals surface area contributed by atoms with Crippen LogP contribution in [0.4, 0.5) is 0 Å². The first-order chi connectivity index (χ1) is 6.49. The summed E-state index contributed by atoms with van der Waals surface area (Å²) in [6, 6.07) is 3.98. The molecule has 14 heavy (non-hydrogen) atoms. The monoisotopic (exact) mass is 236 g/mol. The lowest BCUT2D eigenvalue weighted by Gasteiger charge is -2.06. The van der Waals surface area contributed by atoms with Gasteiger partial charge in [-0.05, 0) is 18.2 Å². The number of halogens is 1. The van der Waals surface area contributed by atoms with Crippen LogP contribution in [0.1, 0.15) is 5.56 Å². The molecule has 1 aromatic carbocycles. The molecule has 0 unspecified atom stereocenters. The first-order valence-corrected chi connectivity index (χ1v) is 5.67. The highest BCUT2D eigenvalue weighted by atomic mass is 35.5. The standard InChI is InChI=1S/C8H9ClO4S/c1-13-8-3-2-7(14(10,11)12)4-6(8)5-9/h2-4H,5H2,1H3,(H,10,11,12). The minimum Gasteiger partial charge on any atom is -0.496 e. The molecule has 0 bridgehead atoms. The predicted octanol–water partition coefficient (Wildman–Crippen LogP) is 1.68. The van der Waals surface area contributed by atoms with E-state index in [1.54, 1.807) is 0 Å². The van der Waals surface area contributed by atoms with Gasteiger partial charge in [-0.2, -0.15) is 8.42 Å². The summed E-state index contributed by atoms with van der Waals surface area (Å²) in [6.07, 6.45) is 0. The van der Waals surface area contributed by atoms with Crippen molar-refractivity contribution >= 4 is 21.7 Å². The Morgan fingerprint density at radius 1 is 1.50 bits per heavy atom. The molecule has 0 heterocycles. The van der Waals surface area contributed by atoms with Gasteiger partial charge in [0.25, 0.3) is 10.1 Å². The van der Waals surface area contributed by atoms with E-state index in [4.69, 9.17) is 20.9 Å². The van der Waals surface area contributed by atoms with Crippen LogP contribution >= 0.6 is 11.6 Å². The normalized spacial score (nSPS) is 11.4. The lowest BCUT2D eigenvalue weighted by molar-refractivity contribution is 0.410. The van der Waals surface area contributed by atoms with E-state index in [9.17, 15) is 8.42 Å². The first kappa shape index (κ1) is 11.3. The van der Waals surface area contributed by atoms with Crippen LogP contribution in [0, 0.1) is 0 Å². The lowest BCUT2D eigenvalue weighted by atomic mass is 10.2. The van der Waals surface area contributed by atoms with Crippen LogP contribution in [0.5, 0.6) is 5.75 Å². The molecular formula is C8H9ClO4S. The topological polar surface area (TPSA) is 63.6 Å². The average Bonchev–Trinajstić information content (AvgIpc) is 2.15. The molecule has 0 aliphatic heterocycles. The van der Waals surface area contributed by atoms with E-state index in [0.717, 1.165) is 0 Å². The molecule has 6 heteroatoms. The van der Waals surface area contributed by atoms with Gasteiger partial charge >= 0.3 is 0 Å². The molecule has 1 rings (SSSR count). The molecule has 0 amide bonds. The zero-order chi connectivity index (χ0) is 10.8. The van der Waals surface area contributed by atoms with Crippen molar-refractivity contribution in [3.05, 3.63) is 23.8 Å². The van der Waals surface area contributed by atoms with Crippen molar-refractivity contribution in [3.8, 4) is 5.75 Å². The van der Waals surface area contributed by atoms with E-state index in [1.165, 1.54) is 25.3 Å². The molecule has 78 valence electrons. The third-order valence-corrected chi connectivity index (χ3v) is 2.83. The largest absolute Gasteiger partial charge is 0.496 e. The van der Waals surface area contributed by atoms with Gasteiger partial charge in [0.15, 0.2) is 0 Å². The Balaban J connectivity index is 3.28. The minimum absolute atomic E-state index is 0.118. The molecular weight excluding hydrogens is 228 g/mol. The Hall–Kier alpha value is -0.780. The number of methoxy groups -OCH3 is 1. The van der Waals surface area contributed by atoms with Gasteiger partial charge in [0.1, 0.15) is 5.75 Å². The molecule has 0 fully saturated rings. The van der Waals surface area contributed by atoms with E-state index in [2.05, 4.69) is 0 Å². The van der Waals surface area contributed by atoms with Gasteiger partial charge in [0, 0.05) is 5.56 Å². The number of rotatable bonds is 3. The number of benzene rings is 1. The van der Waals surface area contributed by atoms with Gasteiger partial charge in [0.2, 0.25) is 0 Å². The third-order valence-electron chi connectivity index (χ3n) is 1.69. The Morgan fingerprint density at radius 2 is 2.14 bits per heavy atom. The Bertz CT molecular complexity index is 427. The van der Waals surface area contributed by atoms with Crippen molar-refractivity contribution in [1.82, 2.24) is 0 Å². The zero-order valence-corrected chi connectivity index (χ0v) is 8.97. The summed E-state index contributed by atoms with van der Waals surface area (Å²) in [5, 5.41) is 0. The fraction of sp³-hybridized carbons (Fsp3) is 0.250. The fourth-order valence-corrected chi connectivity index (χ4v) is 1.76. The smallest absolute Gasteiger partial charge is 0.294 e. The van der Waals surface area contributed by atoms with Gasteiger partial charge < -0.3 is 4.74 Å². The summed E-state index contributed by atoms with van der Waals surface area (Å²) in [7, 11) is -2.72. The summed E-state index contributed by atoms with van der Waals surface area (Å²) in [4.78, 5) is -0.186. The van der Waals surface area contributed by atoms with Crippen LogP contribution in [0.25, 0.3) is 0 Å². The van der Waals surface area contributed by atoms with Gasteiger partial charge in [0.05, 0.1) is 17.9 Å². The SMILES string of the molecule is COc1ccc(S(=O)(=O)O)cc1CCl. The highest BCUT2D eigenvalue weighted by Gasteiger charge is 2.12. The van der Waals surface area contributed by atoms with E-state index < -0.39 is 10.1 Å². The number of ether oxygens (including phenoxy) is 1. The molecule has 0 aliphatic carbocycles. The van der Waals surface area contributed by atoms with E-state index in [0.29, 0.717) is 11.3 Å². The van der Waals surface area contributed by atoms with E-state index in [-0.39, 0.29) is 10.8 Å². The van der Waals surface area contributed by atoms with Crippen LogP contribution in [0.3, 0.4) is 0 Å². The van der Waals surface area contributed by atoms with Gasteiger partial charge in [-0.15, -0.1) is 11.6 Å². The molecule has 1 N–H and O–H groups in total. The molecule has 0 atom stereocenters. The van der Waals surface area contributed by atoms with Crippen molar-refractivity contribution in [1.29, 1.82) is 0 Å². The summed E-state index contributed by atoms with van der Waals surface area (Å²) in [6.45, 7) is 0. The maximum absolute atomic E-state index is 10.8. The minimum atomic E-state index is -4.17. The maximum atomic E-state index is 10.8. The van der Waals surface area contributed by atoms with Crippen molar-refractivity contribution in [2.75, 3.05) is 7.11 Å². The second-order valence-electron chi connectivity index (χ2n) is 2.58. The van der Waals surface area contributed by atoms with E-state index in [1.807, 2.05) is 0 Å². The van der Waals surface area contributed by atoms with Crippen LogP contribution < -0.4 is 4.74 Å². The second-order valence-corrected chi connectivity index (χ2v) is 4.27. The molecule has 0 saturated carbocycles. The first-order valence-electron chi connectivity index (χ1n) is 3.69. The van der Waals surface area contributed by atoms with Crippen molar-refractivity contribution < 1.29 is 17.7 Å². The molecule has 0 aromatic heterocycles. The molecule has 4 nitrogen and oxygen atoms in total. The van der Waals surface area contributed by atoms with Crippen molar-refractivity contribution in [2.45, 2.75) is 10.8 Å². The molecule has 0 spiro atoms. The molecule has 0 saturated heterocycles. The van der Waals surface area contributed by atoms with E-state index >= 15 is 0 Å². The van der Waals surface area contributed by atoms with Gasteiger partial charge in [-0.1, -0.05) is 0 Å². The molecule has 0 radical (unpaired) electrons. The van der Waals surface area contributed by atoms with Crippen LogP contribution in [-0.2, 0) is 16.0 Å². The molecule has 1 aromatic rings. The highest BCUT2D eigenvalue weighted by Crippen LogP contribution is 2.23. The second kappa shape index (κ2) is 4.16. The Kier molecular flexibility index (Phi) is 3.36. The van der Waals surface area contributed by atoms with Crippen LogP contribution in [0.15, 0.2) is 23.1 Å². The maximum Gasteiger partial charge on any atom is 0.294 e. The number of alkyl halides is 1. The van der Waals surface area contributed by atoms with Crippen LogP contribution in [-0.4, -0.2) is 20.1 Å². The van der Waals surface area contributed by atoms with Gasteiger partial charge in [-0.25, -0.2) is 0 Å². The molecule has 0 aliphatic rings. The average molecular weight is 237 g/mol. The van der Waals surface area contributed by atoms with Gasteiger partial charge in [-0.3, -0.25) is 4.55 Å². The predicted molar refractivity (Wildman–Crippen MR) is 52.4 cm³/mol. The highest BCUT2D eigenvalue weighted by molar-refractivity contribution is 7.85. The van der Waals surface area contributed by atoms with Crippen molar-refractivity contribution in [3.63, 3.8) is 0 Å². The summed E-state index contributed by atoms with van der Waals surface area (Å²) in [5.41, 5.74) is 0.518.